The van der Waals surface area contributed by atoms with Crippen LogP contribution in [0.3, 0.4) is 0 Å². The molecule has 4 rings (SSSR count). The Kier molecular flexibility index (Phi) is 6.49. The minimum atomic E-state index is 0.194. The van der Waals surface area contributed by atoms with Crippen LogP contribution in [0.5, 0.6) is 0 Å². The number of carbonyl (C=O) groups is 1. The molecule has 4 aromatic rings. The highest BCUT2D eigenvalue weighted by molar-refractivity contribution is 7.99. The van der Waals surface area contributed by atoms with Gasteiger partial charge in [-0.3, -0.25) is 9.36 Å². The summed E-state index contributed by atoms with van der Waals surface area (Å²) < 4.78 is 7.56. The van der Waals surface area contributed by atoms with E-state index in [1.165, 1.54) is 11.3 Å². The summed E-state index contributed by atoms with van der Waals surface area (Å²) in [6.07, 6.45) is 2.97. The van der Waals surface area contributed by atoms with Gasteiger partial charge in [-0.2, -0.15) is 0 Å². The van der Waals surface area contributed by atoms with E-state index < -0.39 is 0 Å². The number of halogens is 1. The lowest BCUT2D eigenvalue weighted by Crippen LogP contribution is -2.04. The highest BCUT2D eigenvalue weighted by Gasteiger charge is 2.16. The average molecular weight is 444 g/mol. The number of thiophene rings is 1. The van der Waals surface area contributed by atoms with Crippen LogP contribution in [0.4, 0.5) is 0 Å². The van der Waals surface area contributed by atoms with E-state index in [0.717, 1.165) is 39.4 Å². The lowest BCUT2D eigenvalue weighted by atomic mass is 10.2. The van der Waals surface area contributed by atoms with Crippen LogP contribution in [-0.4, -0.2) is 26.3 Å². The first-order chi connectivity index (χ1) is 14.2. The monoisotopic (exact) mass is 443 g/mol. The SMILES string of the molecule is O=C(CCCSc1nnc(-c2ccc(Cl)cc2)n1Cc1ccco1)c1cccs1. The van der Waals surface area contributed by atoms with E-state index >= 15 is 0 Å². The summed E-state index contributed by atoms with van der Waals surface area (Å²) in [6.45, 7) is 0.536. The molecule has 0 aliphatic heterocycles. The van der Waals surface area contributed by atoms with Crippen LogP contribution in [0.25, 0.3) is 11.4 Å². The molecule has 3 heterocycles. The molecule has 0 fully saturated rings. The Morgan fingerprint density at radius 3 is 2.72 bits per heavy atom. The Balaban J connectivity index is 1.47. The number of hydrogen-bond donors (Lipinski definition) is 0. The molecule has 0 spiro atoms. The van der Waals surface area contributed by atoms with E-state index in [1.54, 1.807) is 18.0 Å². The zero-order chi connectivity index (χ0) is 20.1. The summed E-state index contributed by atoms with van der Waals surface area (Å²) >= 11 is 9.11. The summed E-state index contributed by atoms with van der Waals surface area (Å²) in [7, 11) is 0. The Bertz CT molecular complexity index is 1060. The summed E-state index contributed by atoms with van der Waals surface area (Å²) in [5.41, 5.74) is 0.938. The van der Waals surface area contributed by atoms with E-state index in [4.69, 9.17) is 16.0 Å². The number of aromatic nitrogens is 3. The fraction of sp³-hybridized carbons (Fsp3) is 0.190. The minimum Gasteiger partial charge on any atom is -0.467 e. The number of ketones is 1. The molecular weight excluding hydrogens is 426 g/mol. The van der Waals surface area contributed by atoms with Crippen LogP contribution >= 0.6 is 34.7 Å². The molecule has 1 aromatic carbocycles. The Hall–Kier alpha value is -2.35. The minimum absolute atomic E-state index is 0.194. The van der Waals surface area contributed by atoms with Gasteiger partial charge >= 0.3 is 0 Å². The van der Waals surface area contributed by atoms with E-state index in [2.05, 4.69) is 10.2 Å². The summed E-state index contributed by atoms with van der Waals surface area (Å²) in [4.78, 5) is 13.0. The van der Waals surface area contributed by atoms with Gasteiger partial charge in [-0.1, -0.05) is 29.4 Å². The second-order valence-electron chi connectivity index (χ2n) is 6.33. The van der Waals surface area contributed by atoms with Crippen molar-refractivity contribution in [1.29, 1.82) is 0 Å². The topological polar surface area (TPSA) is 60.9 Å². The lowest BCUT2D eigenvalue weighted by molar-refractivity contribution is 0.0986. The van der Waals surface area contributed by atoms with Crippen molar-refractivity contribution in [3.8, 4) is 11.4 Å². The van der Waals surface area contributed by atoms with Crippen LogP contribution in [0.15, 0.2) is 69.7 Å². The molecule has 0 aliphatic rings. The zero-order valence-corrected chi connectivity index (χ0v) is 17.8. The van der Waals surface area contributed by atoms with Crippen LogP contribution < -0.4 is 0 Å². The predicted octanol–water partition coefficient (Wildman–Crippen LogP) is 6.06. The zero-order valence-electron chi connectivity index (χ0n) is 15.5. The van der Waals surface area contributed by atoms with Gasteiger partial charge in [-0.25, -0.2) is 0 Å². The Morgan fingerprint density at radius 1 is 1.14 bits per heavy atom. The van der Waals surface area contributed by atoms with Crippen molar-refractivity contribution in [2.45, 2.75) is 24.5 Å². The molecule has 0 saturated heterocycles. The van der Waals surface area contributed by atoms with E-state index in [9.17, 15) is 4.79 Å². The highest BCUT2D eigenvalue weighted by atomic mass is 35.5. The Morgan fingerprint density at radius 2 is 2.00 bits per heavy atom. The molecule has 0 saturated carbocycles. The van der Waals surface area contributed by atoms with Crippen molar-refractivity contribution in [2.24, 2.45) is 0 Å². The maximum absolute atomic E-state index is 12.2. The third-order valence-electron chi connectivity index (χ3n) is 4.29. The van der Waals surface area contributed by atoms with E-state index in [-0.39, 0.29) is 5.78 Å². The van der Waals surface area contributed by atoms with Crippen LogP contribution in [-0.2, 0) is 6.54 Å². The number of nitrogens with zero attached hydrogens (tertiary/aromatic N) is 3. The maximum Gasteiger partial charge on any atom is 0.191 e. The van der Waals surface area contributed by atoms with Gasteiger partial charge in [0, 0.05) is 22.8 Å². The first-order valence-corrected chi connectivity index (χ1v) is 11.4. The van der Waals surface area contributed by atoms with E-state index in [1.807, 2.05) is 58.5 Å². The van der Waals surface area contributed by atoms with Crippen molar-refractivity contribution >= 4 is 40.5 Å². The van der Waals surface area contributed by atoms with Crippen LogP contribution in [0.2, 0.25) is 5.02 Å². The molecule has 29 heavy (non-hydrogen) atoms. The number of rotatable bonds is 9. The smallest absolute Gasteiger partial charge is 0.191 e. The van der Waals surface area contributed by atoms with Gasteiger partial charge in [0.05, 0.1) is 17.7 Å². The molecule has 148 valence electrons. The maximum atomic E-state index is 12.2. The van der Waals surface area contributed by atoms with Gasteiger partial charge in [-0.15, -0.1) is 21.5 Å². The second kappa shape index (κ2) is 9.43. The van der Waals surface area contributed by atoms with Crippen LogP contribution in [0, 0.1) is 0 Å². The van der Waals surface area contributed by atoms with E-state index in [0.29, 0.717) is 18.0 Å². The number of carbonyl (C=O) groups excluding carboxylic acids is 1. The van der Waals surface area contributed by atoms with Crippen molar-refractivity contribution in [3.63, 3.8) is 0 Å². The first-order valence-electron chi connectivity index (χ1n) is 9.12. The largest absolute Gasteiger partial charge is 0.467 e. The highest BCUT2D eigenvalue weighted by Crippen LogP contribution is 2.27. The number of hydrogen-bond acceptors (Lipinski definition) is 6. The third-order valence-corrected chi connectivity index (χ3v) is 6.50. The fourth-order valence-electron chi connectivity index (χ4n) is 2.87. The Labute approximate surface area is 181 Å². The normalized spacial score (nSPS) is 11.1. The molecule has 0 aliphatic carbocycles. The molecule has 5 nitrogen and oxygen atoms in total. The van der Waals surface area contributed by atoms with Crippen molar-refractivity contribution < 1.29 is 9.21 Å². The number of thioether (sulfide) groups is 1. The van der Waals surface area contributed by atoms with Gasteiger partial charge < -0.3 is 4.42 Å². The fourth-order valence-corrected chi connectivity index (χ4v) is 4.56. The van der Waals surface area contributed by atoms with Gasteiger partial charge in [-0.05, 0) is 54.3 Å². The number of Topliss-reactive ketones (excluding diaryl/α,β-unsaturated/α-hetero) is 1. The lowest BCUT2D eigenvalue weighted by Gasteiger charge is -2.09. The molecule has 0 atom stereocenters. The summed E-state index contributed by atoms with van der Waals surface area (Å²) in [5.74, 6) is 2.57. The molecule has 3 aromatic heterocycles. The van der Waals surface area contributed by atoms with Crippen LogP contribution in [0.1, 0.15) is 28.3 Å². The summed E-state index contributed by atoms with van der Waals surface area (Å²) in [6, 6.07) is 15.1. The first kappa shape index (κ1) is 19.9. The average Bonchev–Trinajstić information content (AvgIpc) is 3.49. The molecule has 0 unspecified atom stereocenters. The van der Waals surface area contributed by atoms with Gasteiger partial charge in [0.25, 0.3) is 0 Å². The van der Waals surface area contributed by atoms with Crippen molar-refractivity contribution in [2.75, 3.05) is 5.75 Å². The van der Waals surface area contributed by atoms with Crippen molar-refractivity contribution in [1.82, 2.24) is 14.8 Å². The molecule has 0 N–H and O–H groups in total. The number of benzene rings is 1. The molecule has 0 bridgehead atoms. The van der Waals surface area contributed by atoms with Gasteiger partial charge in [0.15, 0.2) is 16.8 Å². The predicted molar refractivity (Wildman–Crippen MR) is 117 cm³/mol. The standard InChI is InChI=1S/C21H18ClN3O2S2/c22-16-9-7-15(8-10-16)20-23-24-21(25(20)14-17-4-1-11-27-17)29-13-2-5-18(26)19-6-3-12-28-19/h1,3-4,6-12H,2,5,13-14H2. The molecule has 0 radical (unpaired) electrons. The van der Waals surface area contributed by atoms with Gasteiger partial charge in [0.1, 0.15) is 5.76 Å². The molecule has 0 amide bonds. The number of furan rings is 1. The quantitative estimate of drug-likeness (QED) is 0.179. The van der Waals surface area contributed by atoms with Gasteiger partial charge in [0.2, 0.25) is 0 Å². The van der Waals surface area contributed by atoms with Crippen molar-refractivity contribution in [3.05, 3.63) is 75.8 Å². The molecular formula is C21H18ClN3O2S2. The second-order valence-corrected chi connectivity index (χ2v) is 8.78. The summed E-state index contributed by atoms with van der Waals surface area (Å²) in [5, 5.41) is 12.2. The molecule has 8 heteroatoms. The third kappa shape index (κ3) is 4.98.